The highest BCUT2D eigenvalue weighted by molar-refractivity contribution is 6.06. The molecule has 0 heterocycles. The summed E-state index contributed by atoms with van der Waals surface area (Å²) < 4.78 is 31.6. The topological polar surface area (TPSA) is 75.7 Å². The summed E-state index contributed by atoms with van der Waals surface area (Å²) in [5, 5.41) is 3.11. The van der Waals surface area contributed by atoms with Gasteiger partial charge in [-0.25, -0.2) is 13.6 Å². The number of hydrogen-bond donors (Lipinski definition) is 1. The zero-order valence-corrected chi connectivity index (χ0v) is 19.7. The number of hydrogen-bond acceptors (Lipinski definition) is 5. The Morgan fingerprint density at radius 3 is 2.20 bits per heavy atom. The number of benzene rings is 2. The Labute approximate surface area is 204 Å². The molecular formula is C27H30F2N2O4. The van der Waals surface area contributed by atoms with E-state index in [-0.39, 0.29) is 30.7 Å². The molecule has 1 N–H and O–H groups in total. The summed E-state index contributed by atoms with van der Waals surface area (Å²) in [5.74, 6) is -2.19. The van der Waals surface area contributed by atoms with Gasteiger partial charge in [0.1, 0.15) is 24.3 Å². The lowest BCUT2D eigenvalue weighted by molar-refractivity contribution is -0.138. The third-order valence-electron chi connectivity index (χ3n) is 6.01. The van der Waals surface area contributed by atoms with Crippen molar-refractivity contribution in [2.75, 3.05) is 20.2 Å². The second kappa shape index (κ2) is 12.9. The second-order valence-corrected chi connectivity index (χ2v) is 8.65. The number of ether oxygens (including phenoxy) is 1. The Bertz CT molecular complexity index is 1030. The van der Waals surface area contributed by atoms with Gasteiger partial charge in [0.2, 0.25) is 5.91 Å². The molecular weight excluding hydrogens is 454 g/mol. The van der Waals surface area contributed by atoms with Crippen molar-refractivity contribution in [2.24, 2.45) is 0 Å². The zero-order valence-electron chi connectivity index (χ0n) is 19.7. The van der Waals surface area contributed by atoms with Crippen molar-refractivity contribution in [3.8, 4) is 0 Å². The summed E-state index contributed by atoms with van der Waals surface area (Å²) in [4.78, 5) is 39.0. The summed E-state index contributed by atoms with van der Waals surface area (Å²) >= 11 is 0. The average Bonchev–Trinajstić information content (AvgIpc) is 2.85. The van der Waals surface area contributed by atoms with Gasteiger partial charge in [0, 0.05) is 24.2 Å². The lowest BCUT2D eigenvalue weighted by Crippen LogP contribution is -2.44. The lowest BCUT2D eigenvalue weighted by atomic mass is 9.94. The van der Waals surface area contributed by atoms with Crippen molar-refractivity contribution < 1.29 is 27.9 Å². The van der Waals surface area contributed by atoms with Crippen LogP contribution >= 0.6 is 0 Å². The number of ketones is 1. The summed E-state index contributed by atoms with van der Waals surface area (Å²) in [5.41, 5.74) is 0.889. The van der Waals surface area contributed by atoms with E-state index in [4.69, 9.17) is 4.74 Å². The highest BCUT2D eigenvalue weighted by atomic mass is 19.1. The predicted molar refractivity (Wildman–Crippen MR) is 128 cm³/mol. The van der Waals surface area contributed by atoms with Gasteiger partial charge in [0.25, 0.3) is 0 Å². The van der Waals surface area contributed by atoms with Gasteiger partial charge in [-0.2, -0.15) is 0 Å². The third kappa shape index (κ3) is 8.10. The maximum atomic E-state index is 13.5. The van der Waals surface area contributed by atoms with E-state index >= 15 is 0 Å². The number of esters is 1. The maximum Gasteiger partial charge on any atom is 0.330 e. The Morgan fingerprint density at radius 2 is 1.57 bits per heavy atom. The van der Waals surface area contributed by atoms with Gasteiger partial charge < -0.3 is 10.1 Å². The minimum absolute atomic E-state index is 0.0151. The van der Waals surface area contributed by atoms with E-state index < -0.39 is 29.4 Å². The molecule has 0 aliphatic heterocycles. The van der Waals surface area contributed by atoms with Gasteiger partial charge in [-0.3, -0.25) is 14.5 Å². The number of nitrogens with one attached hydrogen (secondary N) is 1. The number of likely N-dealkylation sites (N-methyl/N-ethyl adjacent to an activating group) is 1. The zero-order chi connectivity index (χ0) is 25.2. The Hall–Kier alpha value is -3.39. The number of halogens is 2. The van der Waals surface area contributed by atoms with Gasteiger partial charge in [0.05, 0.1) is 0 Å². The molecule has 1 atom stereocenters. The minimum Gasteiger partial charge on any atom is -0.461 e. The van der Waals surface area contributed by atoms with Crippen LogP contribution in [0.25, 0.3) is 0 Å². The minimum atomic E-state index is -0.709. The largest absolute Gasteiger partial charge is 0.461 e. The second-order valence-electron chi connectivity index (χ2n) is 8.65. The standard InChI is InChI=1S/C27H30F2N2O4/c1-31(17-18-35-25(33)16-15-24(32)19-7-11-21(28)12-8-19)26(20-9-13-22(29)14-10-20)27(34)30-23-5-3-2-4-6-23/h7-16,23,26H,2-6,17-18H2,1H3,(H,30,34)/b16-15+. The molecule has 2 aromatic carbocycles. The van der Waals surface area contributed by atoms with Gasteiger partial charge in [-0.1, -0.05) is 31.4 Å². The molecule has 0 bridgehead atoms. The SMILES string of the molecule is CN(CCOC(=O)/C=C/C(=O)c1ccc(F)cc1)C(C(=O)NC1CCCCC1)c1ccc(F)cc1. The molecule has 35 heavy (non-hydrogen) atoms. The normalized spacial score (nSPS) is 15.2. The third-order valence-corrected chi connectivity index (χ3v) is 6.01. The molecule has 0 saturated heterocycles. The van der Waals surface area contributed by atoms with Crippen LogP contribution in [0.2, 0.25) is 0 Å². The van der Waals surface area contributed by atoms with Crippen LogP contribution in [0, 0.1) is 11.6 Å². The molecule has 1 aliphatic carbocycles. The summed E-state index contributed by atoms with van der Waals surface area (Å²) in [7, 11) is 1.73. The van der Waals surface area contributed by atoms with E-state index in [0.29, 0.717) is 5.56 Å². The molecule has 1 aliphatic rings. The molecule has 1 saturated carbocycles. The molecule has 0 aromatic heterocycles. The van der Waals surface area contributed by atoms with Gasteiger partial charge in [0.15, 0.2) is 5.78 Å². The summed E-state index contributed by atoms with van der Waals surface area (Å²) in [6.07, 6.45) is 7.28. The molecule has 6 nitrogen and oxygen atoms in total. The molecule has 0 spiro atoms. The highest BCUT2D eigenvalue weighted by Gasteiger charge is 2.27. The molecule has 1 amide bonds. The molecule has 1 unspecified atom stereocenters. The monoisotopic (exact) mass is 484 g/mol. The summed E-state index contributed by atoms with van der Waals surface area (Å²) in [6.45, 7) is 0.227. The molecule has 2 aromatic rings. The average molecular weight is 485 g/mol. The molecule has 0 radical (unpaired) electrons. The van der Waals surface area contributed by atoms with E-state index in [2.05, 4.69) is 5.32 Å². The smallest absolute Gasteiger partial charge is 0.330 e. The number of carbonyl (C=O) groups is 3. The van der Waals surface area contributed by atoms with Crippen LogP contribution in [0.3, 0.4) is 0 Å². The van der Waals surface area contributed by atoms with E-state index in [1.165, 1.54) is 30.7 Å². The number of nitrogens with zero attached hydrogens (tertiary/aromatic N) is 1. The van der Waals surface area contributed by atoms with Crippen LogP contribution in [0.1, 0.15) is 54.1 Å². The first-order chi connectivity index (χ1) is 16.8. The van der Waals surface area contributed by atoms with Crippen molar-refractivity contribution in [2.45, 2.75) is 44.2 Å². The lowest BCUT2D eigenvalue weighted by Gasteiger charge is -2.30. The predicted octanol–water partition coefficient (Wildman–Crippen LogP) is 4.37. The quantitative estimate of drug-likeness (QED) is 0.308. The van der Waals surface area contributed by atoms with Gasteiger partial charge >= 0.3 is 5.97 Å². The van der Waals surface area contributed by atoms with E-state index in [1.54, 1.807) is 24.1 Å². The maximum absolute atomic E-state index is 13.5. The number of carbonyl (C=O) groups excluding carboxylic acids is 3. The molecule has 3 rings (SSSR count). The first-order valence-electron chi connectivity index (χ1n) is 11.7. The fraction of sp³-hybridized carbons (Fsp3) is 0.370. The van der Waals surface area contributed by atoms with Crippen LogP contribution in [-0.4, -0.2) is 48.8 Å². The highest BCUT2D eigenvalue weighted by Crippen LogP contribution is 2.23. The fourth-order valence-corrected chi connectivity index (χ4v) is 4.10. The number of rotatable bonds is 10. The van der Waals surface area contributed by atoms with Crippen LogP contribution in [0.15, 0.2) is 60.7 Å². The van der Waals surface area contributed by atoms with Crippen molar-refractivity contribution in [1.82, 2.24) is 10.2 Å². The first-order valence-corrected chi connectivity index (χ1v) is 11.7. The van der Waals surface area contributed by atoms with Crippen molar-refractivity contribution in [1.29, 1.82) is 0 Å². The molecule has 8 heteroatoms. The Morgan fingerprint density at radius 1 is 0.971 bits per heavy atom. The Kier molecular flexibility index (Phi) is 9.66. The van der Waals surface area contributed by atoms with Crippen LogP contribution in [0.4, 0.5) is 8.78 Å². The van der Waals surface area contributed by atoms with Crippen LogP contribution < -0.4 is 5.32 Å². The molecule has 186 valence electrons. The Balaban J connectivity index is 1.56. The number of allylic oxidation sites excluding steroid dienone is 1. The molecule has 1 fully saturated rings. The van der Waals surface area contributed by atoms with E-state index in [9.17, 15) is 23.2 Å². The first kappa shape index (κ1) is 26.2. The van der Waals surface area contributed by atoms with Crippen molar-refractivity contribution in [3.05, 3.63) is 83.4 Å². The van der Waals surface area contributed by atoms with Gasteiger partial charge in [-0.15, -0.1) is 0 Å². The fourth-order valence-electron chi connectivity index (χ4n) is 4.10. The van der Waals surface area contributed by atoms with Gasteiger partial charge in [-0.05, 0) is 67.9 Å². The van der Waals surface area contributed by atoms with Crippen LogP contribution in [-0.2, 0) is 14.3 Å². The van der Waals surface area contributed by atoms with E-state index in [0.717, 1.165) is 50.0 Å². The van der Waals surface area contributed by atoms with E-state index in [1.807, 2.05) is 0 Å². The summed E-state index contributed by atoms with van der Waals surface area (Å²) in [6, 6.07) is 10.2. The van der Waals surface area contributed by atoms with Crippen LogP contribution in [0.5, 0.6) is 0 Å². The van der Waals surface area contributed by atoms with Crippen molar-refractivity contribution >= 4 is 17.7 Å². The number of amides is 1. The van der Waals surface area contributed by atoms with Crippen molar-refractivity contribution in [3.63, 3.8) is 0 Å².